The van der Waals surface area contributed by atoms with E-state index in [1.165, 1.54) is 4.31 Å². The summed E-state index contributed by atoms with van der Waals surface area (Å²) in [7, 11) is -1.53. The van der Waals surface area contributed by atoms with Crippen LogP contribution in [0.15, 0.2) is 30.3 Å². The first kappa shape index (κ1) is 10.4. The molecule has 1 heterocycles. The second-order valence-corrected chi connectivity index (χ2v) is 5.65. The summed E-state index contributed by atoms with van der Waals surface area (Å²) < 4.78 is 29.7. The van der Waals surface area contributed by atoms with Crippen LogP contribution in [0.25, 0.3) is 0 Å². The van der Waals surface area contributed by atoms with Gasteiger partial charge in [-0.05, 0) is 12.1 Å². The van der Waals surface area contributed by atoms with Crippen LogP contribution >= 0.6 is 0 Å². The van der Waals surface area contributed by atoms with Crippen LogP contribution in [0.5, 0.6) is 5.75 Å². The average molecular weight is 227 g/mol. The predicted molar refractivity (Wildman–Crippen MR) is 57.0 cm³/mol. The molecule has 1 aromatic rings. The van der Waals surface area contributed by atoms with Gasteiger partial charge in [0.2, 0.25) is 10.0 Å². The summed E-state index contributed by atoms with van der Waals surface area (Å²) >= 11 is 0. The van der Waals surface area contributed by atoms with Gasteiger partial charge in [0.15, 0.2) is 6.23 Å². The number of benzene rings is 1. The van der Waals surface area contributed by atoms with Crippen molar-refractivity contribution in [2.75, 3.05) is 12.8 Å². The molecule has 1 saturated heterocycles. The van der Waals surface area contributed by atoms with Gasteiger partial charge < -0.3 is 4.74 Å². The number of sulfonamides is 1. The smallest absolute Gasteiger partial charge is 0.217 e. The minimum absolute atomic E-state index is 0.168. The van der Waals surface area contributed by atoms with Crippen LogP contribution in [0.3, 0.4) is 0 Å². The lowest BCUT2D eigenvalue weighted by Gasteiger charge is -2.19. The molecule has 5 heteroatoms. The first-order valence-electron chi connectivity index (χ1n) is 4.77. The fourth-order valence-electron chi connectivity index (χ4n) is 1.54. The molecule has 4 nitrogen and oxygen atoms in total. The second-order valence-electron chi connectivity index (χ2n) is 3.51. The Bertz CT molecular complexity index is 429. The number of ether oxygens (including phenoxy) is 1. The van der Waals surface area contributed by atoms with E-state index in [4.69, 9.17) is 4.74 Å². The minimum atomic E-state index is -3.09. The Labute approximate surface area is 89.5 Å². The van der Waals surface area contributed by atoms with E-state index >= 15 is 0 Å². The van der Waals surface area contributed by atoms with Crippen molar-refractivity contribution in [1.82, 2.24) is 4.31 Å². The molecule has 1 unspecified atom stereocenters. The van der Waals surface area contributed by atoms with E-state index in [2.05, 4.69) is 0 Å². The minimum Gasteiger partial charge on any atom is -0.474 e. The molecule has 1 atom stereocenters. The topological polar surface area (TPSA) is 46.6 Å². The van der Waals surface area contributed by atoms with Gasteiger partial charge in [-0.1, -0.05) is 18.2 Å². The highest BCUT2D eigenvalue weighted by molar-refractivity contribution is 7.89. The number of nitrogens with zero attached hydrogens (tertiary/aromatic N) is 1. The summed E-state index contributed by atoms with van der Waals surface area (Å²) in [6.07, 6.45) is 0.158. The Morgan fingerprint density at radius 1 is 1.33 bits per heavy atom. The third-order valence-corrected chi connectivity index (χ3v) is 4.35. The maximum absolute atomic E-state index is 11.4. The lowest BCUT2D eigenvalue weighted by atomic mass is 10.3. The summed E-state index contributed by atoms with van der Waals surface area (Å²) in [4.78, 5) is 0. The van der Waals surface area contributed by atoms with Gasteiger partial charge in [-0.15, -0.1) is 0 Å². The average Bonchev–Trinajstić information content (AvgIpc) is 2.47. The van der Waals surface area contributed by atoms with E-state index in [-0.39, 0.29) is 12.0 Å². The second kappa shape index (κ2) is 3.83. The van der Waals surface area contributed by atoms with Gasteiger partial charge in [0.25, 0.3) is 0 Å². The van der Waals surface area contributed by atoms with Crippen LogP contribution in [-0.4, -0.2) is 31.8 Å². The van der Waals surface area contributed by atoms with Crippen LogP contribution in [0.4, 0.5) is 0 Å². The SMILES string of the molecule is CN1C(Oc2ccccc2)CCS1(=O)=O. The molecule has 15 heavy (non-hydrogen) atoms. The van der Waals surface area contributed by atoms with E-state index in [0.29, 0.717) is 12.2 Å². The highest BCUT2D eigenvalue weighted by atomic mass is 32.2. The van der Waals surface area contributed by atoms with E-state index < -0.39 is 10.0 Å². The fraction of sp³-hybridized carbons (Fsp3) is 0.400. The summed E-state index contributed by atoms with van der Waals surface area (Å²) in [5, 5.41) is 0. The van der Waals surface area contributed by atoms with E-state index in [9.17, 15) is 8.42 Å². The molecule has 1 aliphatic heterocycles. The molecule has 0 radical (unpaired) electrons. The molecule has 0 aliphatic carbocycles. The van der Waals surface area contributed by atoms with Crippen molar-refractivity contribution in [3.8, 4) is 5.75 Å². The molecule has 0 spiro atoms. The van der Waals surface area contributed by atoms with E-state index in [1.54, 1.807) is 7.05 Å². The van der Waals surface area contributed by atoms with Gasteiger partial charge in [-0.3, -0.25) is 0 Å². The van der Waals surface area contributed by atoms with Crippen LogP contribution in [0.1, 0.15) is 6.42 Å². The zero-order valence-electron chi connectivity index (χ0n) is 8.46. The normalized spacial score (nSPS) is 25.3. The number of para-hydroxylation sites is 1. The summed E-state index contributed by atoms with van der Waals surface area (Å²) in [5.74, 6) is 0.868. The molecular formula is C10H13NO3S. The van der Waals surface area contributed by atoms with Crippen LogP contribution in [-0.2, 0) is 10.0 Å². The standard InChI is InChI=1S/C10H13NO3S/c1-11-10(7-8-15(11,12)13)14-9-5-3-2-4-6-9/h2-6,10H,7-8H2,1H3. The zero-order chi connectivity index (χ0) is 10.9. The molecular weight excluding hydrogens is 214 g/mol. The lowest BCUT2D eigenvalue weighted by molar-refractivity contribution is 0.115. The highest BCUT2D eigenvalue weighted by Gasteiger charge is 2.35. The molecule has 0 N–H and O–H groups in total. The summed E-state index contributed by atoms with van der Waals surface area (Å²) in [6.45, 7) is 0. The maximum Gasteiger partial charge on any atom is 0.217 e. The van der Waals surface area contributed by atoms with Crippen molar-refractivity contribution in [2.24, 2.45) is 0 Å². The summed E-state index contributed by atoms with van der Waals surface area (Å²) in [6, 6.07) is 9.25. The number of hydrogen-bond donors (Lipinski definition) is 0. The van der Waals surface area contributed by atoms with Crippen molar-refractivity contribution in [3.63, 3.8) is 0 Å². The van der Waals surface area contributed by atoms with Gasteiger partial charge in [-0.2, -0.15) is 4.31 Å². The molecule has 0 aromatic heterocycles. The fourth-order valence-corrected chi connectivity index (χ4v) is 2.84. The largest absolute Gasteiger partial charge is 0.474 e. The van der Waals surface area contributed by atoms with Crippen LogP contribution in [0, 0.1) is 0 Å². The molecule has 1 fully saturated rings. The monoisotopic (exact) mass is 227 g/mol. The molecule has 0 amide bonds. The first-order valence-corrected chi connectivity index (χ1v) is 6.38. The highest BCUT2D eigenvalue weighted by Crippen LogP contribution is 2.22. The van der Waals surface area contributed by atoms with Gasteiger partial charge in [0.05, 0.1) is 5.75 Å². The molecule has 2 rings (SSSR count). The van der Waals surface area contributed by atoms with E-state index in [0.717, 1.165) is 0 Å². The zero-order valence-corrected chi connectivity index (χ0v) is 9.28. The van der Waals surface area contributed by atoms with E-state index in [1.807, 2.05) is 30.3 Å². The molecule has 0 saturated carbocycles. The first-order chi connectivity index (χ1) is 7.09. The third-order valence-electron chi connectivity index (χ3n) is 2.48. The molecule has 0 bridgehead atoms. The number of rotatable bonds is 2. The molecule has 1 aromatic carbocycles. The van der Waals surface area contributed by atoms with Crippen molar-refractivity contribution in [2.45, 2.75) is 12.6 Å². The Balaban J connectivity index is 2.10. The van der Waals surface area contributed by atoms with Gasteiger partial charge >= 0.3 is 0 Å². The van der Waals surface area contributed by atoms with Crippen LogP contribution < -0.4 is 4.74 Å². The van der Waals surface area contributed by atoms with Gasteiger partial charge in [0, 0.05) is 13.5 Å². The summed E-state index contributed by atoms with van der Waals surface area (Å²) in [5.41, 5.74) is 0. The Hall–Kier alpha value is -1.07. The van der Waals surface area contributed by atoms with Crippen molar-refractivity contribution < 1.29 is 13.2 Å². The van der Waals surface area contributed by atoms with Crippen molar-refractivity contribution in [1.29, 1.82) is 0 Å². The van der Waals surface area contributed by atoms with Crippen molar-refractivity contribution >= 4 is 10.0 Å². The Morgan fingerprint density at radius 3 is 2.53 bits per heavy atom. The molecule has 1 aliphatic rings. The lowest BCUT2D eigenvalue weighted by Crippen LogP contribution is -2.33. The third kappa shape index (κ3) is 2.13. The quantitative estimate of drug-likeness (QED) is 0.759. The maximum atomic E-state index is 11.4. The molecule has 82 valence electrons. The predicted octanol–water partition coefficient (Wildman–Crippen LogP) is 1.06. The van der Waals surface area contributed by atoms with Gasteiger partial charge in [-0.25, -0.2) is 8.42 Å². The van der Waals surface area contributed by atoms with Crippen molar-refractivity contribution in [3.05, 3.63) is 30.3 Å². The Morgan fingerprint density at radius 2 is 2.00 bits per heavy atom. The Kier molecular flexibility index (Phi) is 2.67. The van der Waals surface area contributed by atoms with Crippen LogP contribution in [0.2, 0.25) is 0 Å². The van der Waals surface area contributed by atoms with Gasteiger partial charge in [0.1, 0.15) is 5.75 Å². The number of hydrogen-bond acceptors (Lipinski definition) is 3.